The SMILES string of the molecule is CC1COCCC1C(=O)N1CC2CCC(O)C2C1. The maximum Gasteiger partial charge on any atom is 0.226 e. The molecule has 0 aromatic rings. The van der Waals surface area contributed by atoms with E-state index in [4.69, 9.17) is 4.74 Å². The number of hydrogen-bond acceptors (Lipinski definition) is 3. The Bertz CT molecular complexity index is 333. The van der Waals surface area contributed by atoms with Crippen LogP contribution in [0.1, 0.15) is 26.2 Å². The van der Waals surface area contributed by atoms with Crippen molar-refractivity contribution < 1.29 is 14.6 Å². The lowest BCUT2D eigenvalue weighted by Crippen LogP contribution is -2.41. The van der Waals surface area contributed by atoms with Gasteiger partial charge in [-0.3, -0.25) is 4.79 Å². The fourth-order valence-electron chi connectivity index (χ4n) is 3.90. The molecule has 4 heteroatoms. The molecule has 18 heavy (non-hydrogen) atoms. The highest BCUT2D eigenvalue weighted by molar-refractivity contribution is 5.79. The summed E-state index contributed by atoms with van der Waals surface area (Å²) in [5, 5.41) is 9.90. The summed E-state index contributed by atoms with van der Waals surface area (Å²) >= 11 is 0. The van der Waals surface area contributed by atoms with Crippen molar-refractivity contribution in [3.05, 3.63) is 0 Å². The quantitative estimate of drug-likeness (QED) is 0.755. The van der Waals surface area contributed by atoms with Gasteiger partial charge in [-0.2, -0.15) is 0 Å². The van der Waals surface area contributed by atoms with E-state index in [1.165, 1.54) is 0 Å². The Kier molecular flexibility index (Phi) is 3.32. The van der Waals surface area contributed by atoms with Crippen LogP contribution in [0.5, 0.6) is 0 Å². The summed E-state index contributed by atoms with van der Waals surface area (Å²) in [6, 6.07) is 0. The van der Waals surface area contributed by atoms with Crippen LogP contribution in [0.3, 0.4) is 0 Å². The second-order valence-corrected chi connectivity index (χ2v) is 6.26. The van der Waals surface area contributed by atoms with Crippen molar-refractivity contribution in [1.29, 1.82) is 0 Å². The number of fused-ring (bicyclic) bond motifs is 1. The van der Waals surface area contributed by atoms with E-state index in [1.54, 1.807) is 0 Å². The highest BCUT2D eigenvalue weighted by Gasteiger charge is 2.45. The number of rotatable bonds is 1. The van der Waals surface area contributed by atoms with Crippen molar-refractivity contribution in [3.63, 3.8) is 0 Å². The molecule has 3 fully saturated rings. The van der Waals surface area contributed by atoms with Crippen LogP contribution in [0, 0.1) is 23.7 Å². The first kappa shape index (κ1) is 12.4. The van der Waals surface area contributed by atoms with Crippen molar-refractivity contribution >= 4 is 5.91 Å². The largest absolute Gasteiger partial charge is 0.393 e. The zero-order valence-electron chi connectivity index (χ0n) is 11.0. The third kappa shape index (κ3) is 2.05. The maximum absolute atomic E-state index is 12.5. The van der Waals surface area contributed by atoms with Gasteiger partial charge in [0.25, 0.3) is 0 Å². The number of aliphatic hydroxyl groups is 1. The van der Waals surface area contributed by atoms with Crippen LogP contribution >= 0.6 is 0 Å². The Hall–Kier alpha value is -0.610. The molecule has 1 aliphatic carbocycles. The summed E-state index contributed by atoms with van der Waals surface area (Å²) in [5.74, 6) is 1.64. The number of carbonyl (C=O) groups is 1. The number of nitrogens with zero attached hydrogens (tertiary/aromatic N) is 1. The second kappa shape index (κ2) is 4.82. The molecule has 5 atom stereocenters. The van der Waals surface area contributed by atoms with Gasteiger partial charge in [0.1, 0.15) is 0 Å². The average Bonchev–Trinajstić information content (AvgIpc) is 2.92. The Morgan fingerprint density at radius 3 is 2.83 bits per heavy atom. The normalized spacial score (nSPS) is 44.1. The number of amides is 1. The smallest absolute Gasteiger partial charge is 0.226 e. The molecule has 4 nitrogen and oxygen atoms in total. The predicted molar refractivity (Wildman–Crippen MR) is 66.9 cm³/mol. The minimum Gasteiger partial charge on any atom is -0.393 e. The topological polar surface area (TPSA) is 49.8 Å². The molecule has 1 amide bonds. The van der Waals surface area contributed by atoms with E-state index in [0.29, 0.717) is 36.9 Å². The lowest BCUT2D eigenvalue weighted by Gasteiger charge is -2.31. The molecular weight excluding hydrogens is 230 g/mol. The van der Waals surface area contributed by atoms with Gasteiger partial charge < -0.3 is 14.7 Å². The number of ether oxygens (including phenoxy) is 1. The third-order valence-electron chi connectivity index (χ3n) is 5.09. The molecule has 2 heterocycles. The minimum absolute atomic E-state index is 0.134. The Balaban J connectivity index is 1.64. The van der Waals surface area contributed by atoms with E-state index in [-0.39, 0.29) is 12.0 Å². The van der Waals surface area contributed by atoms with Crippen molar-refractivity contribution in [2.24, 2.45) is 23.7 Å². The molecule has 2 saturated heterocycles. The average molecular weight is 253 g/mol. The van der Waals surface area contributed by atoms with Gasteiger partial charge in [0.2, 0.25) is 5.91 Å². The summed E-state index contributed by atoms with van der Waals surface area (Å²) in [7, 11) is 0. The van der Waals surface area contributed by atoms with Crippen LogP contribution < -0.4 is 0 Å². The van der Waals surface area contributed by atoms with Crippen molar-refractivity contribution in [2.75, 3.05) is 26.3 Å². The van der Waals surface area contributed by atoms with Gasteiger partial charge in [-0.1, -0.05) is 6.92 Å². The van der Waals surface area contributed by atoms with Crippen LogP contribution in [0.4, 0.5) is 0 Å². The molecule has 0 spiro atoms. The molecular formula is C14H23NO3. The van der Waals surface area contributed by atoms with Gasteiger partial charge in [0, 0.05) is 38.1 Å². The molecule has 0 radical (unpaired) electrons. The number of carbonyl (C=O) groups excluding carboxylic acids is 1. The van der Waals surface area contributed by atoms with E-state index in [0.717, 1.165) is 32.4 Å². The molecule has 1 N–H and O–H groups in total. The number of hydrogen-bond donors (Lipinski definition) is 1. The number of aliphatic hydroxyl groups excluding tert-OH is 1. The highest BCUT2D eigenvalue weighted by atomic mass is 16.5. The van der Waals surface area contributed by atoms with E-state index < -0.39 is 0 Å². The first-order valence-electron chi connectivity index (χ1n) is 7.21. The van der Waals surface area contributed by atoms with E-state index >= 15 is 0 Å². The lowest BCUT2D eigenvalue weighted by atomic mass is 9.88. The van der Waals surface area contributed by atoms with Crippen LogP contribution in [0.15, 0.2) is 0 Å². The van der Waals surface area contributed by atoms with Crippen LogP contribution in [0.25, 0.3) is 0 Å². The second-order valence-electron chi connectivity index (χ2n) is 6.26. The predicted octanol–water partition coefficient (Wildman–Crippen LogP) is 0.888. The minimum atomic E-state index is -0.181. The zero-order valence-corrected chi connectivity index (χ0v) is 11.0. The molecule has 102 valence electrons. The van der Waals surface area contributed by atoms with E-state index in [1.807, 2.05) is 4.90 Å². The summed E-state index contributed by atoms with van der Waals surface area (Å²) in [6.07, 6.45) is 2.68. The van der Waals surface area contributed by atoms with Crippen LogP contribution in [-0.4, -0.2) is 48.3 Å². The monoisotopic (exact) mass is 253 g/mol. The van der Waals surface area contributed by atoms with E-state index in [2.05, 4.69) is 6.92 Å². The van der Waals surface area contributed by atoms with E-state index in [9.17, 15) is 9.90 Å². The van der Waals surface area contributed by atoms with Gasteiger partial charge >= 0.3 is 0 Å². The Morgan fingerprint density at radius 1 is 1.28 bits per heavy atom. The molecule has 3 rings (SSSR count). The van der Waals surface area contributed by atoms with Gasteiger partial charge in [0.05, 0.1) is 6.10 Å². The molecule has 3 aliphatic rings. The Morgan fingerprint density at radius 2 is 2.11 bits per heavy atom. The highest BCUT2D eigenvalue weighted by Crippen LogP contribution is 2.39. The molecule has 0 aromatic carbocycles. The number of likely N-dealkylation sites (tertiary alicyclic amines) is 1. The standard InChI is InChI=1S/C14H23NO3/c1-9-8-18-5-4-11(9)14(17)15-6-10-2-3-13(16)12(10)7-15/h9-13,16H,2-8H2,1H3. The first-order chi connectivity index (χ1) is 8.66. The molecule has 0 bridgehead atoms. The zero-order chi connectivity index (χ0) is 12.7. The first-order valence-corrected chi connectivity index (χ1v) is 7.21. The molecule has 2 aliphatic heterocycles. The maximum atomic E-state index is 12.5. The Labute approximate surface area is 108 Å². The fourth-order valence-corrected chi connectivity index (χ4v) is 3.90. The lowest BCUT2D eigenvalue weighted by molar-refractivity contribution is -0.140. The van der Waals surface area contributed by atoms with Crippen LogP contribution in [-0.2, 0) is 9.53 Å². The van der Waals surface area contributed by atoms with Crippen molar-refractivity contribution in [2.45, 2.75) is 32.3 Å². The third-order valence-corrected chi connectivity index (χ3v) is 5.09. The van der Waals surface area contributed by atoms with Crippen molar-refractivity contribution in [1.82, 2.24) is 4.90 Å². The van der Waals surface area contributed by atoms with Crippen LogP contribution in [0.2, 0.25) is 0 Å². The summed E-state index contributed by atoms with van der Waals surface area (Å²) in [4.78, 5) is 14.5. The molecule has 0 aromatic heterocycles. The molecule has 5 unspecified atom stereocenters. The van der Waals surface area contributed by atoms with Gasteiger partial charge in [0.15, 0.2) is 0 Å². The van der Waals surface area contributed by atoms with Gasteiger partial charge in [-0.25, -0.2) is 0 Å². The van der Waals surface area contributed by atoms with Crippen molar-refractivity contribution in [3.8, 4) is 0 Å². The summed E-state index contributed by atoms with van der Waals surface area (Å²) < 4.78 is 5.41. The summed E-state index contributed by atoms with van der Waals surface area (Å²) in [6.45, 7) is 5.16. The van der Waals surface area contributed by atoms with Gasteiger partial charge in [-0.15, -0.1) is 0 Å². The fraction of sp³-hybridized carbons (Fsp3) is 0.929. The summed E-state index contributed by atoms with van der Waals surface area (Å²) in [5.41, 5.74) is 0. The van der Waals surface area contributed by atoms with Gasteiger partial charge in [-0.05, 0) is 31.1 Å². The molecule has 1 saturated carbocycles.